The molecule has 0 N–H and O–H groups in total. The lowest BCUT2D eigenvalue weighted by atomic mass is 9.55. The Labute approximate surface area is 151 Å². The van der Waals surface area contributed by atoms with Crippen LogP contribution in [0.25, 0.3) is 0 Å². The third kappa shape index (κ3) is 2.16. The molecule has 0 amide bonds. The van der Waals surface area contributed by atoms with Gasteiger partial charge < -0.3 is 4.74 Å². The summed E-state index contributed by atoms with van der Waals surface area (Å²) in [6, 6.07) is 0. The average Bonchev–Trinajstić information content (AvgIpc) is 2.94. The number of hydrogen-bond acceptors (Lipinski definition) is 3. The Morgan fingerprint density at radius 3 is 2.60 bits per heavy atom. The van der Waals surface area contributed by atoms with Crippen LogP contribution in [-0.2, 0) is 14.3 Å². The summed E-state index contributed by atoms with van der Waals surface area (Å²) in [6.45, 7) is 8.50. The molecule has 3 nitrogen and oxygen atoms in total. The summed E-state index contributed by atoms with van der Waals surface area (Å²) in [4.78, 5) is 24.5. The highest BCUT2D eigenvalue weighted by atomic mass is 16.5. The molecule has 0 aromatic rings. The molecule has 0 unspecified atom stereocenters. The fourth-order valence-electron chi connectivity index (χ4n) is 7.42. The van der Waals surface area contributed by atoms with Crippen LogP contribution in [0.15, 0.2) is 12.2 Å². The molecule has 0 heterocycles. The van der Waals surface area contributed by atoms with Crippen molar-refractivity contribution < 1.29 is 14.3 Å². The average molecular weight is 344 g/mol. The molecule has 3 heteroatoms. The van der Waals surface area contributed by atoms with Crippen LogP contribution in [0.1, 0.15) is 72.6 Å². The normalized spacial score (nSPS) is 51.4. The summed E-state index contributed by atoms with van der Waals surface area (Å²) in [6.07, 6.45) is 11.6. The van der Waals surface area contributed by atoms with Crippen molar-refractivity contribution in [2.45, 2.75) is 78.7 Å². The van der Waals surface area contributed by atoms with Crippen LogP contribution in [-0.4, -0.2) is 17.9 Å². The zero-order valence-corrected chi connectivity index (χ0v) is 16.1. The van der Waals surface area contributed by atoms with Crippen LogP contribution in [0.3, 0.4) is 0 Å². The van der Waals surface area contributed by atoms with Crippen LogP contribution >= 0.6 is 0 Å². The van der Waals surface area contributed by atoms with E-state index in [1.807, 2.05) is 6.08 Å². The summed E-state index contributed by atoms with van der Waals surface area (Å²) in [5.41, 5.74) is -0.0127. The Balaban J connectivity index is 1.68. The van der Waals surface area contributed by atoms with Gasteiger partial charge in [-0.25, -0.2) is 0 Å². The van der Waals surface area contributed by atoms with Crippen LogP contribution in [0.4, 0.5) is 0 Å². The van der Waals surface area contributed by atoms with Gasteiger partial charge in [-0.2, -0.15) is 0 Å². The second kappa shape index (κ2) is 5.44. The first-order valence-corrected chi connectivity index (χ1v) is 10.1. The zero-order chi connectivity index (χ0) is 18.0. The zero-order valence-electron chi connectivity index (χ0n) is 16.1. The van der Waals surface area contributed by atoms with Gasteiger partial charge >= 0.3 is 5.97 Å². The molecule has 0 aromatic heterocycles. The number of carbonyl (C=O) groups excluding carboxylic acids is 2. The van der Waals surface area contributed by atoms with Gasteiger partial charge in [-0.1, -0.05) is 26.8 Å². The van der Waals surface area contributed by atoms with Crippen LogP contribution in [0.2, 0.25) is 0 Å². The molecule has 7 atom stereocenters. The van der Waals surface area contributed by atoms with Crippen LogP contribution < -0.4 is 0 Å². The van der Waals surface area contributed by atoms with E-state index in [2.05, 4.69) is 26.8 Å². The standard InChI is InChI=1S/C22H32O3/c1-14(23)25-19-9-8-16-15-13-22(4)18(24)7-5-6-11-21(22,3)17(15)10-12-20(16,19)2/h5,7,15-17,19H,6,8-13H2,1-4H3/t15-,16-,17-,19-,20-,21+,22+/m0/s1. The van der Waals surface area contributed by atoms with E-state index in [1.54, 1.807) is 0 Å². The van der Waals surface area contributed by atoms with Gasteiger partial charge in [-0.05, 0) is 74.2 Å². The number of fused-ring (bicyclic) bond motifs is 5. The van der Waals surface area contributed by atoms with Crippen LogP contribution in [0, 0.1) is 34.0 Å². The number of ketones is 1. The lowest BCUT2D eigenvalue weighted by molar-refractivity contribution is -0.155. The predicted molar refractivity (Wildman–Crippen MR) is 96.8 cm³/mol. The molecule has 4 aliphatic rings. The molecular weight excluding hydrogens is 312 g/mol. The van der Waals surface area contributed by atoms with Crippen molar-refractivity contribution in [1.29, 1.82) is 0 Å². The van der Waals surface area contributed by atoms with E-state index in [-0.39, 0.29) is 28.3 Å². The van der Waals surface area contributed by atoms with Crippen molar-refractivity contribution in [3.63, 3.8) is 0 Å². The van der Waals surface area contributed by atoms with Gasteiger partial charge in [0.15, 0.2) is 5.78 Å². The molecule has 3 fully saturated rings. The monoisotopic (exact) mass is 344 g/mol. The highest BCUT2D eigenvalue weighted by molar-refractivity contribution is 5.96. The fourth-order valence-corrected chi connectivity index (χ4v) is 7.42. The molecule has 0 saturated heterocycles. The molecular formula is C22H32O3. The molecule has 0 aromatic carbocycles. The van der Waals surface area contributed by atoms with E-state index in [0.29, 0.717) is 23.5 Å². The molecule has 25 heavy (non-hydrogen) atoms. The quantitative estimate of drug-likeness (QED) is 0.648. The van der Waals surface area contributed by atoms with Gasteiger partial charge in [-0.3, -0.25) is 9.59 Å². The largest absolute Gasteiger partial charge is 0.462 e. The highest BCUT2D eigenvalue weighted by Crippen LogP contribution is 2.71. The Hall–Kier alpha value is -1.12. The fraction of sp³-hybridized carbons (Fsp3) is 0.818. The minimum atomic E-state index is -0.222. The first-order valence-electron chi connectivity index (χ1n) is 10.1. The van der Waals surface area contributed by atoms with E-state index in [0.717, 1.165) is 38.5 Å². The van der Waals surface area contributed by atoms with Gasteiger partial charge in [0.05, 0.1) is 0 Å². The maximum absolute atomic E-state index is 13.0. The maximum Gasteiger partial charge on any atom is 0.302 e. The Morgan fingerprint density at radius 1 is 1.12 bits per heavy atom. The molecule has 0 bridgehead atoms. The molecule has 4 rings (SSSR count). The van der Waals surface area contributed by atoms with Gasteiger partial charge in [0.1, 0.15) is 6.10 Å². The molecule has 3 saturated carbocycles. The van der Waals surface area contributed by atoms with Crippen molar-refractivity contribution >= 4 is 11.8 Å². The number of esters is 1. The second-order valence-electron chi connectivity index (χ2n) is 9.86. The summed E-state index contributed by atoms with van der Waals surface area (Å²) in [5.74, 6) is 2.02. The summed E-state index contributed by atoms with van der Waals surface area (Å²) >= 11 is 0. The molecule has 138 valence electrons. The predicted octanol–water partition coefficient (Wildman–Crippen LogP) is 4.70. The van der Waals surface area contributed by atoms with E-state index >= 15 is 0 Å². The third-order valence-corrected chi connectivity index (χ3v) is 9.02. The summed E-state index contributed by atoms with van der Waals surface area (Å²) < 4.78 is 5.73. The smallest absolute Gasteiger partial charge is 0.302 e. The van der Waals surface area contributed by atoms with Crippen molar-refractivity contribution in [2.75, 3.05) is 0 Å². The number of carbonyl (C=O) groups is 2. The first kappa shape index (κ1) is 17.3. The summed E-state index contributed by atoms with van der Waals surface area (Å²) in [7, 11) is 0. The van der Waals surface area contributed by atoms with E-state index in [9.17, 15) is 9.59 Å². The lowest BCUT2D eigenvalue weighted by Gasteiger charge is -2.50. The number of hydrogen-bond donors (Lipinski definition) is 0. The number of ether oxygens (including phenoxy) is 1. The maximum atomic E-state index is 13.0. The first-order chi connectivity index (χ1) is 11.7. The number of rotatable bonds is 1. The van der Waals surface area contributed by atoms with Gasteiger partial charge in [-0.15, -0.1) is 0 Å². The third-order valence-electron chi connectivity index (χ3n) is 9.02. The highest BCUT2D eigenvalue weighted by Gasteiger charge is 2.67. The Morgan fingerprint density at radius 2 is 1.88 bits per heavy atom. The minimum absolute atomic E-state index is 0.0672. The van der Waals surface area contributed by atoms with Crippen molar-refractivity contribution in [2.24, 2.45) is 34.0 Å². The van der Waals surface area contributed by atoms with Gasteiger partial charge in [0.2, 0.25) is 0 Å². The van der Waals surface area contributed by atoms with Crippen molar-refractivity contribution in [3.05, 3.63) is 12.2 Å². The molecule has 0 radical (unpaired) electrons. The molecule has 0 spiro atoms. The summed E-state index contributed by atoms with van der Waals surface area (Å²) in [5, 5.41) is 0. The van der Waals surface area contributed by atoms with Gasteiger partial charge in [0.25, 0.3) is 0 Å². The second-order valence-corrected chi connectivity index (χ2v) is 9.86. The van der Waals surface area contributed by atoms with E-state index < -0.39 is 0 Å². The SMILES string of the molecule is CC(=O)O[C@H]1CC[C@H]2[C@@H]3C[C@]4(C)C(=O)C=CCC[C@]4(C)[C@H]3CC[C@]12C. The Bertz CT molecular complexity index is 637. The lowest BCUT2D eigenvalue weighted by Crippen LogP contribution is -2.46. The van der Waals surface area contributed by atoms with Crippen molar-refractivity contribution in [3.8, 4) is 0 Å². The Kier molecular flexibility index (Phi) is 3.76. The van der Waals surface area contributed by atoms with Crippen molar-refractivity contribution in [1.82, 2.24) is 0 Å². The molecule has 4 aliphatic carbocycles. The molecule has 0 aliphatic heterocycles. The topological polar surface area (TPSA) is 43.4 Å². The minimum Gasteiger partial charge on any atom is -0.462 e. The van der Waals surface area contributed by atoms with Crippen LogP contribution in [0.5, 0.6) is 0 Å². The van der Waals surface area contributed by atoms with E-state index in [1.165, 1.54) is 13.3 Å². The van der Waals surface area contributed by atoms with Gasteiger partial charge in [0, 0.05) is 17.8 Å². The number of allylic oxidation sites excluding steroid dienone is 2. The van der Waals surface area contributed by atoms with E-state index in [4.69, 9.17) is 4.74 Å².